The van der Waals surface area contributed by atoms with Crippen LogP contribution in [0.5, 0.6) is 11.5 Å². The first kappa shape index (κ1) is 22.5. The standard InChI is InChI=1S/C24H35N3O3/c1-15-17(14-26-27-25)12-20-23(2,3)8-7-9-24(20,4)21(15)22(28)16-10-18(29-5)13-19(11-16)30-6/h10-11,13,15,17,20-21H,7-9,12,14H2,1-6H3/t15-,17-,20?,21-,24+/m1/s1. The summed E-state index contributed by atoms with van der Waals surface area (Å²) in [5, 5.41) is 3.90. The zero-order valence-corrected chi connectivity index (χ0v) is 19.1. The van der Waals surface area contributed by atoms with Crippen molar-refractivity contribution in [1.29, 1.82) is 0 Å². The summed E-state index contributed by atoms with van der Waals surface area (Å²) >= 11 is 0. The molecule has 6 nitrogen and oxygen atoms in total. The molecular formula is C24H35N3O3. The third-order valence-electron chi connectivity index (χ3n) is 8.09. The second kappa shape index (κ2) is 8.50. The summed E-state index contributed by atoms with van der Waals surface area (Å²) in [6, 6.07) is 5.43. The van der Waals surface area contributed by atoms with Gasteiger partial charge in [-0.2, -0.15) is 0 Å². The molecular weight excluding hydrogens is 378 g/mol. The highest BCUT2D eigenvalue weighted by Crippen LogP contribution is 2.63. The smallest absolute Gasteiger partial charge is 0.167 e. The Morgan fingerprint density at radius 1 is 1.17 bits per heavy atom. The molecule has 1 aromatic rings. The van der Waals surface area contributed by atoms with Crippen molar-refractivity contribution in [2.45, 2.75) is 53.4 Å². The summed E-state index contributed by atoms with van der Waals surface area (Å²) < 4.78 is 10.8. The van der Waals surface area contributed by atoms with E-state index in [9.17, 15) is 4.79 Å². The van der Waals surface area contributed by atoms with Crippen molar-refractivity contribution in [3.63, 3.8) is 0 Å². The molecule has 0 amide bonds. The molecule has 0 radical (unpaired) electrons. The molecule has 0 aliphatic heterocycles. The maximum atomic E-state index is 14.0. The van der Waals surface area contributed by atoms with E-state index in [0.29, 0.717) is 29.5 Å². The van der Waals surface area contributed by atoms with Gasteiger partial charge in [-0.15, -0.1) is 0 Å². The van der Waals surface area contributed by atoms with Crippen LogP contribution >= 0.6 is 0 Å². The highest BCUT2D eigenvalue weighted by atomic mass is 16.5. The highest BCUT2D eigenvalue weighted by Gasteiger charge is 2.58. The average Bonchev–Trinajstić information content (AvgIpc) is 2.71. The lowest BCUT2D eigenvalue weighted by Gasteiger charge is -2.60. The van der Waals surface area contributed by atoms with E-state index in [1.807, 2.05) is 12.1 Å². The number of Topliss-reactive ketones (excluding diaryl/α,β-unsaturated/α-hetero) is 1. The molecule has 30 heavy (non-hydrogen) atoms. The van der Waals surface area contributed by atoms with Crippen LogP contribution < -0.4 is 9.47 Å². The second-order valence-corrected chi connectivity index (χ2v) is 10.1. The van der Waals surface area contributed by atoms with Crippen LogP contribution in [0.15, 0.2) is 23.3 Å². The number of methoxy groups -OCH3 is 2. The molecule has 0 spiro atoms. The van der Waals surface area contributed by atoms with Gasteiger partial charge in [-0.25, -0.2) is 0 Å². The van der Waals surface area contributed by atoms with Crippen molar-refractivity contribution in [2.75, 3.05) is 20.8 Å². The Morgan fingerprint density at radius 3 is 2.37 bits per heavy atom. The maximum Gasteiger partial charge on any atom is 0.167 e. The summed E-state index contributed by atoms with van der Waals surface area (Å²) in [4.78, 5) is 17.0. The van der Waals surface area contributed by atoms with E-state index in [1.165, 1.54) is 6.42 Å². The summed E-state index contributed by atoms with van der Waals surface area (Å²) in [7, 11) is 3.20. The van der Waals surface area contributed by atoms with Crippen LogP contribution in [0.25, 0.3) is 10.4 Å². The maximum absolute atomic E-state index is 14.0. The average molecular weight is 414 g/mol. The number of benzene rings is 1. The Kier molecular flexibility index (Phi) is 6.37. The number of rotatable bonds is 6. The second-order valence-electron chi connectivity index (χ2n) is 10.1. The normalized spacial score (nSPS) is 32.5. The van der Waals surface area contributed by atoms with Crippen LogP contribution in [0.3, 0.4) is 0 Å². The minimum absolute atomic E-state index is 0.0819. The van der Waals surface area contributed by atoms with Crippen molar-refractivity contribution in [3.05, 3.63) is 34.2 Å². The van der Waals surface area contributed by atoms with Crippen LogP contribution in [0.2, 0.25) is 0 Å². The summed E-state index contributed by atoms with van der Waals surface area (Å²) in [5.74, 6) is 2.01. The molecule has 3 rings (SSSR count). The Hall–Kier alpha value is -2.20. The minimum Gasteiger partial charge on any atom is -0.497 e. The molecule has 2 saturated carbocycles. The zero-order valence-electron chi connectivity index (χ0n) is 19.1. The van der Waals surface area contributed by atoms with Crippen molar-refractivity contribution in [2.24, 2.45) is 39.6 Å². The molecule has 6 heteroatoms. The molecule has 2 aliphatic carbocycles. The van der Waals surface area contributed by atoms with Crippen LogP contribution in [-0.4, -0.2) is 26.5 Å². The van der Waals surface area contributed by atoms with E-state index < -0.39 is 0 Å². The number of nitrogens with zero attached hydrogens (tertiary/aromatic N) is 3. The molecule has 5 atom stereocenters. The molecule has 0 bridgehead atoms. The largest absolute Gasteiger partial charge is 0.497 e. The molecule has 0 aromatic heterocycles. The molecule has 2 aliphatic rings. The van der Waals surface area contributed by atoms with Gasteiger partial charge in [0, 0.05) is 29.0 Å². The van der Waals surface area contributed by atoms with E-state index in [1.54, 1.807) is 20.3 Å². The molecule has 1 aromatic carbocycles. The first-order valence-corrected chi connectivity index (χ1v) is 11.0. The van der Waals surface area contributed by atoms with Gasteiger partial charge < -0.3 is 9.47 Å². The van der Waals surface area contributed by atoms with Gasteiger partial charge in [-0.05, 0) is 65.5 Å². The van der Waals surface area contributed by atoms with E-state index >= 15 is 0 Å². The molecule has 1 unspecified atom stereocenters. The minimum atomic E-state index is -0.133. The number of ether oxygens (including phenoxy) is 2. The fourth-order valence-electron chi connectivity index (χ4n) is 6.57. The monoisotopic (exact) mass is 413 g/mol. The summed E-state index contributed by atoms with van der Waals surface area (Å²) in [5.41, 5.74) is 9.61. The Labute approximate surface area is 180 Å². The highest BCUT2D eigenvalue weighted by molar-refractivity contribution is 5.99. The number of carbonyl (C=O) groups is 1. The van der Waals surface area contributed by atoms with E-state index in [2.05, 4.69) is 37.7 Å². The van der Waals surface area contributed by atoms with Gasteiger partial charge in [0.15, 0.2) is 5.78 Å². The SMILES string of the molecule is COc1cc(OC)cc(C(=O)[C@H]2[C@H](C)[C@@H](CN=[N+]=[N-])CC3C(C)(C)CCC[C@@]32C)c1. The Balaban J connectivity index is 2.08. The lowest BCUT2D eigenvalue weighted by atomic mass is 9.44. The summed E-state index contributed by atoms with van der Waals surface area (Å²) in [6.07, 6.45) is 4.37. The predicted octanol–water partition coefficient (Wildman–Crippen LogP) is 6.30. The molecule has 164 valence electrons. The lowest BCUT2D eigenvalue weighted by molar-refractivity contribution is -0.0997. The van der Waals surface area contributed by atoms with E-state index in [-0.39, 0.29) is 34.4 Å². The van der Waals surface area contributed by atoms with Crippen LogP contribution in [-0.2, 0) is 0 Å². The number of hydrogen-bond donors (Lipinski definition) is 0. The van der Waals surface area contributed by atoms with Crippen LogP contribution in [0.1, 0.15) is 63.7 Å². The van der Waals surface area contributed by atoms with E-state index in [0.717, 1.165) is 19.3 Å². The third-order valence-corrected chi connectivity index (χ3v) is 8.09. The first-order chi connectivity index (χ1) is 14.2. The van der Waals surface area contributed by atoms with Gasteiger partial charge in [0.1, 0.15) is 11.5 Å². The lowest BCUT2D eigenvalue weighted by Crippen LogP contribution is -2.56. The number of carbonyl (C=O) groups excluding carboxylic acids is 1. The van der Waals surface area contributed by atoms with Gasteiger partial charge in [-0.1, -0.05) is 39.2 Å². The fraction of sp³-hybridized carbons (Fsp3) is 0.708. The number of hydrogen-bond acceptors (Lipinski definition) is 4. The number of ketones is 1. The fourth-order valence-corrected chi connectivity index (χ4v) is 6.57. The Morgan fingerprint density at radius 2 is 1.80 bits per heavy atom. The van der Waals surface area contributed by atoms with Crippen molar-refractivity contribution in [1.82, 2.24) is 0 Å². The quantitative estimate of drug-likeness (QED) is 0.237. The Bertz CT molecular complexity index is 824. The molecule has 2 fully saturated rings. The van der Waals surface area contributed by atoms with Crippen molar-refractivity contribution in [3.8, 4) is 11.5 Å². The molecule has 0 N–H and O–H groups in total. The number of fused-ring (bicyclic) bond motifs is 1. The van der Waals surface area contributed by atoms with Gasteiger partial charge in [0.05, 0.1) is 14.2 Å². The van der Waals surface area contributed by atoms with E-state index in [4.69, 9.17) is 15.0 Å². The molecule has 0 heterocycles. The van der Waals surface area contributed by atoms with Gasteiger partial charge >= 0.3 is 0 Å². The van der Waals surface area contributed by atoms with Crippen LogP contribution in [0, 0.1) is 34.5 Å². The first-order valence-electron chi connectivity index (χ1n) is 11.0. The topological polar surface area (TPSA) is 84.3 Å². The zero-order chi connectivity index (χ0) is 22.1. The van der Waals surface area contributed by atoms with Gasteiger partial charge in [0.25, 0.3) is 0 Å². The molecule has 0 saturated heterocycles. The van der Waals surface area contributed by atoms with Crippen molar-refractivity contribution >= 4 is 5.78 Å². The van der Waals surface area contributed by atoms with Gasteiger partial charge in [-0.3, -0.25) is 4.79 Å². The predicted molar refractivity (Wildman–Crippen MR) is 118 cm³/mol. The third kappa shape index (κ3) is 3.90. The van der Waals surface area contributed by atoms with Crippen LogP contribution in [0.4, 0.5) is 0 Å². The summed E-state index contributed by atoms with van der Waals surface area (Å²) in [6.45, 7) is 9.61. The van der Waals surface area contributed by atoms with Gasteiger partial charge in [0.2, 0.25) is 0 Å². The van der Waals surface area contributed by atoms with Crippen molar-refractivity contribution < 1.29 is 14.3 Å². The number of azide groups is 1.